The van der Waals surface area contributed by atoms with Crippen LogP contribution in [0.5, 0.6) is 0 Å². The van der Waals surface area contributed by atoms with Crippen LogP contribution in [0.4, 0.5) is 5.95 Å². The molecule has 118 valence electrons. The van der Waals surface area contributed by atoms with Crippen LogP contribution in [0.25, 0.3) is 5.57 Å². The number of aromatic nitrogens is 2. The largest absolute Gasteiger partial charge is 0.368 e. The van der Waals surface area contributed by atoms with Gasteiger partial charge in [-0.3, -0.25) is 4.90 Å². The van der Waals surface area contributed by atoms with Crippen LogP contribution in [0.1, 0.15) is 36.8 Å². The molecule has 1 saturated heterocycles. The summed E-state index contributed by atoms with van der Waals surface area (Å²) in [4.78, 5) is 11.0. The Morgan fingerprint density at radius 2 is 1.87 bits per heavy atom. The first-order chi connectivity index (χ1) is 11.3. The maximum absolute atomic E-state index is 5.61. The zero-order valence-corrected chi connectivity index (χ0v) is 13.2. The third-order valence-corrected chi connectivity index (χ3v) is 5.03. The van der Waals surface area contributed by atoms with Crippen LogP contribution in [0.3, 0.4) is 0 Å². The monoisotopic (exact) mass is 306 g/mol. The van der Waals surface area contributed by atoms with Gasteiger partial charge >= 0.3 is 0 Å². The van der Waals surface area contributed by atoms with Crippen LogP contribution >= 0.6 is 0 Å². The van der Waals surface area contributed by atoms with Crippen LogP contribution in [0.2, 0.25) is 0 Å². The average molecular weight is 306 g/mol. The summed E-state index contributed by atoms with van der Waals surface area (Å²) in [6.45, 7) is 1.04. The number of rotatable bonds is 3. The third-order valence-electron chi connectivity index (χ3n) is 5.03. The Bertz CT molecular complexity index is 693. The lowest BCUT2D eigenvalue weighted by Crippen LogP contribution is -2.47. The quantitative estimate of drug-likeness (QED) is 0.945. The fourth-order valence-corrected chi connectivity index (χ4v) is 3.88. The van der Waals surface area contributed by atoms with Crippen molar-refractivity contribution in [3.63, 3.8) is 0 Å². The molecule has 1 aromatic heterocycles. The Hall–Kier alpha value is -2.20. The van der Waals surface area contributed by atoms with Gasteiger partial charge in [0.1, 0.15) is 0 Å². The Labute approximate surface area is 137 Å². The predicted octanol–water partition coefficient (Wildman–Crippen LogP) is 3.27. The molecule has 4 heteroatoms. The molecule has 1 fully saturated rings. The van der Waals surface area contributed by atoms with E-state index in [2.05, 4.69) is 51.3 Å². The second kappa shape index (κ2) is 6.13. The van der Waals surface area contributed by atoms with E-state index in [1.807, 2.05) is 12.4 Å². The summed E-state index contributed by atoms with van der Waals surface area (Å²) in [6.07, 6.45) is 11.1. The number of nitrogens with two attached hydrogens (primary N) is 1. The summed E-state index contributed by atoms with van der Waals surface area (Å²) in [5.41, 5.74) is 9.51. The van der Waals surface area contributed by atoms with Crippen LogP contribution in [0.15, 0.2) is 48.8 Å². The molecule has 0 spiro atoms. The SMILES string of the molecule is Nc1ncc(C2=CC3CCCC(C2)N3Cc2ccccc2)cn1. The Morgan fingerprint density at radius 1 is 1.09 bits per heavy atom. The molecule has 2 unspecified atom stereocenters. The van der Waals surface area contributed by atoms with Gasteiger partial charge in [-0.1, -0.05) is 42.8 Å². The first-order valence-electron chi connectivity index (χ1n) is 8.38. The van der Waals surface area contributed by atoms with Gasteiger partial charge in [-0.25, -0.2) is 9.97 Å². The van der Waals surface area contributed by atoms with Crippen LogP contribution in [0, 0.1) is 0 Å². The Balaban J connectivity index is 1.59. The molecule has 4 rings (SSSR count). The van der Waals surface area contributed by atoms with Crippen molar-refractivity contribution in [3.8, 4) is 0 Å². The van der Waals surface area contributed by atoms with E-state index in [-0.39, 0.29) is 0 Å². The zero-order valence-electron chi connectivity index (χ0n) is 13.2. The van der Waals surface area contributed by atoms with Crippen molar-refractivity contribution in [2.45, 2.75) is 44.3 Å². The molecule has 0 amide bonds. The summed E-state index contributed by atoms with van der Waals surface area (Å²) in [5, 5.41) is 0. The Kier molecular flexibility index (Phi) is 3.83. The van der Waals surface area contributed by atoms with Gasteiger partial charge in [0.05, 0.1) is 0 Å². The van der Waals surface area contributed by atoms with Crippen molar-refractivity contribution in [2.24, 2.45) is 0 Å². The summed E-state index contributed by atoms with van der Waals surface area (Å²) in [5.74, 6) is 0.344. The lowest BCUT2D eigenvalue weighted by atomic mass is 9.83. The molecular formula is C19H22N4. The van der Waals surface area contributed by atoms with Gasteiger partial charge in [-0.2, -0.15) is 0 Å². The lowest BCUT2D eigenvalue weighted by Gasteiger charge is -2.45. The molecule has 0 saturated carbocycles. The zero-order chi connectivity index (χ0) is 15.6. The van der Waals surface area contributed by atoms with E-state index in [1.54, 1.807) is 0 Å². The minimum atomic E-state index is 0.344. The van der Waals surface area contributed by atoms with Crippen molar-refractivity contribution in [1.29, 1.82) is 0 Å². The van der Waals surface area contributed by atoms with Gasteiger partial charge in [0, 0.05) is 36.6 Å². The van der Waals surface area contributed by atoms with Crippen molar-refractivity contribution >= 4 is 11.5 Å². The van der Waals surface area contributed by atoms with Crippen LogP contribution in [-0.4, -0.2) is 27.0 Å². The van der Waals surface area contributed by atoms with E-state index in [9.17, 15) is 0 Å². The number of fused-ring (bicyclic) bond motifs is 2. The molecule has 0 aliphatic carbocycles. The van der Waals surface area contributed by atoms with E-state index in [0.717, 1.165) is 18.5 Å². The third kappa shape index (κ3) is 2.99. The number of benzene rings is 1. The fraction of sp³-hybridized carbons (Fsp3) is 0.368. The van der Waals surface area contributed by atoms with E-state index < -0.39 is 0 Å². The van der Waals surface area contributed by atoms with Gasteiger partial charge in [-0.05, 0) is 30.4 Å². The maximum Gasteiger partial charge on any atom is 0.219 e. The number of nitrogen functional groups attached to an aromatic ring is 1. The Morgan fingerprint density at radius 3 is 2.61 bits per heavy atom. The summed E-state index contributed by atoms with van der Waals surface area (Å²) in [7, 11) is 0. The highest BCUT2D eigenvalue weighted by atomic mass is 15.2. The highest BCUT2D eigenvalue weighted by molar-refractivity contribution is 5.66. The van der Waals surface area contributed by atoms with E-state index in [0.29, 0.717) is 18.0 Å². The summed E-state index contributed by atoms with van der Waals surface area (Å²) < 4.78 is 0. The number of nitrogens with zero attached hydrogens (tertiary/aromatic N) is 3. The van der Waals surface area contributed by atoms with Gasteiger partial charge in [0.25, 0.3) is 0 Å². The van der Waals surface area contributed by atoms with E-state index >= 15 is 0 Å². The van der Waals surface area contributed by atoms with Crippen LogP contribution < -0.4 is 5.73 Å². The predicted molar refractivity (Wildman–Crippen MR) is 92.5 cm³/mol. The first-order valence-corrected chi connectivity index (χ1v) is 8.38. The number of anilines is 1. The molecule has 2 aliphatic rings. The normalized spacial score (nSPS) is 24.3. The summed E-state index contributed by atoms with van der Waals surface area (Å²) in [6, 6.07) is 11.9. The molecule has 2 aliphatic heterocycles. The average Bonchev–Trinajstić information content (AvgIpc) is 2.56. The van der Waals surface area contributed by atoms with Gasteiger partial charge in [-0.15, -0.1) is 0 Å². The van der Waals surface area contributed by atoms with Crippen molar-refractivity contribution < 1.29 is 0 Å². The highest BCUT2D eigenvalue weighted by Gasteiger charge is 2.34. The van der Waals surface area contributed by atoms with Crippen molar-refractivity contribution in [2.75, 3.05) is 5.73 Å². The standard InChI is InChI=1S/C19H22N4/c20-19-21-11-16(12-22-19)15-9-17-7-4-8-18(10-15)23(17)13-14-5-2-1-3-6-14/h1-3,5-6,9,11-12,17-18H,4,7-8,10,13H2,(H2,20,21,22). The molecule has 2 N–H and O–H groups in total. The minimum absolute atomic E-state index is 0.344. The molecule has 3 heterocycles. The minimum Gasteiger partial charge on any atom is -0.368 e. The smallest absolute Gasteiger partial charge is 0.219 e. The number of piperidine rings is 1. The van der Waals surface area contributed by atoms with Gasteiger partial charge in [0.15, 0.2) is 0 Å². The molecule has 2 aromatic rings. The molecule has 2 bridgehead atoms. The van der Waals surface area contributed by atoms with Crippen molar-refractivity contribution in [1.82, 2.24) is 14.9 Å². The maximum atomic E-state index is 5.61. The number of hydrogen-bond donors (Lipinski definition) is 1. The molecule has 23 heavy (non-hydrogen) atoms. The molecule has 4 nitrogen and oxygen atoms in total. The second-order valence-electron chi connectivity index (χ2n) is 6.54. The topological polar surface area (TPSA) is 55.0 Å². The van der Waals surface area contributed by atoms with E-state index in [1.165, 1.54) is 30.4 Å². The van der Waals surface area contributed by atoms with E-state index in [4.69, 9.17) is 5.73 Å². The van der Waals surface area contributed by atoms with Crippen molar-refractivity contribution in [3.05, 3.63) is 59.9 Å². The second-order valence-corrected chi connectivity index (χ2v) is 6.54. The highest BCUT2D eigenvalue weighted by Crippen LogP contribution is 2.37. The van der Waals surface area contributed by atoms with Gasteiger partial charge in [0.2, 0.25) is 5.95 Å². The summed E-state index contributed by atoms with van der Waals surface area (Å²) >= 11 is 0. The van der Waals surface area contributed by atoms with Crippen LogP contribution in [-0.2, 0) is 6.54 Å². The lowest BCUT2D eigenvalue weighted by molar-refractivity contribution is 0.0951. The fourth-order valence-electron chi connectivity index (χ4n) is 3.88. The number of hydrogen-bond acceptors (Lipinski definition) is 4. The molecule has 2 atom stereocenters. The molecular weight excluding hydrogens is 284 g/mol. The van der Waals surface area contributed by atoms with Gasteiger partial charge < -0.3 is 5.73 Å². The molecule has 1 aromatic carbocycles. The molecule has 0 radical (unpaired) electrons. The first kappa shape index (κ1) is 14.4.